The molecule has 0 aliphatic carbocycles. The first kappa shape index (κ1) is 12.2. The van der Waals surface area contributed by atoms with E-state index in [1.165, 1.54) is 0 Å². The van der Waals surface area contributed by atoms with Crippen molar-refractivity contribution in [1.82, 2.24) is 0 Å². The van der Waals surface area contributed by atoms with E-state index in [1.54, 1.807) is 0 Å². The molecule has 0 aromatic rings. The second-order valence-corrected chi connectivity index (χ2v) is 2.19. The van der Waals surface area contributed by atoms with Gasteiger partial charge in [0.25, 0.3) is 0 Å². The van der Waals surface area contributed by atoms with Crippen LogP contribution in [0.5, 0.6) is 0 Å². The van der Waals surface area contributed by atoms with Gasteiger partial charge < -0.3 is 7.59 Å². The molecule has 0 bridgehead atoms. The van der Waals surface area contributed by atoms with Gasteiger partial charge in [-0.15, -0.1) is 0 Å². The van der Waals surface area contributed by atoms with E-state index in [0.717, 1.165) is 6.42 Å². The summed E-state index contributed by atoms with van der Waals surface area (Å²) in [5, 5.41) is 0. The summed E-state index contributed by atoms with van der Waals surface area (Å²) in [6.07, 6.45) is 0.987. The molecular formula is C4H10CaOS2. The Morgan fingerprint density at radius 2 is 2.38 bits per heavy atom. The predicted octanol–water partition coefficient (Wildman–Crippen LogP) is 1.47. The van der Waals surface area contributed by atoms with E-state index in [1.807, 2.05) is 6.92 Å². The molecule has 0 aliphatic rings. The molecule has 0 aliphatic heterocycles. The second kappa shape index (κ2) is 8.50. The van der Waals surface area contributed by atoms with Crippen molar-refractivity contribution in [3.8, 4) is 0 Å². The van der Waals surface area contributed by atoms with Crippen molar-refractivity contribution in [2.45, 2.75) is 13.3 Å². The maximum Gasteiger partial charge on any atom is 2.00 e. The molecule has 0 saturated carbocycles. The molecule has 0 rings (SSSR count). The molecule has 0 spiro atoms. The third-order valence-electron chi connectivity index (χ3n) is 0.430. The summed E-state index contributed by atoms with van der Waals surface area (Å²) in [5.74, 6) is 0. The molecule has 0 heterocycles. The van der Waals surface area contributed by atoms with Crippen LogP contribution in [0, 0.1) is 0 Å². The predicted molar refractivity (Wildman–Crippen MR) is 45.8 cm³/mol. The molecule has 8 heavy (non-hydrogen) atoms. The smallest absolute Gasteiger partial charge is 1.00 e. The summed E-state index contributed by atoms with van der Waals surface area (Å²) >= 11 is 8.24. The average molecular weight is 178 g/mol. The van der Waals surface area contributed by atoms with Crippen molar-refractivity contribution in [3.63, 3.8) is 0 Å². The number of rotatable bonds is 2. The van der Waals surface area contributed by atoms with Crippen molar-refractivity contribution in [2.75, 3.05) is 6.61 Å². The molecule has 0 amide bonds. The molecule has 0 unspecified atom stereocenters. The Morgan fingerprint density at radius 3 is 2.50 bits per heavy atom. The van der Waals surface area contributed by atoms with Crippen LogP contribution in [0.2, 0.25) is 0 Å². The van der Waals surface area contributed by atoms with Gasteiger partial charge in [-0.25, -0.2) is 0 Å². The molecule has 0 aromatic heterocycles. The van der Waals surface area contributed by atoms with Crippen LogP contribution in [0.3, 0.4) is 0 Å². The first-order valence-corrected chi connectivity index (χ1v) is 2.98. The SMILES string of the molecule is CCCOC(=S)S.[Ca+2].[H-].[H-]. The number of hydrogen-bond acceptors (Lipinski definition) is 2. The fourth-order valence-corrected chi connectivity index (χ4v) is 0.364. The topological polar surface area (TPSA) is 9.23 Å². The zero-order valence-electron chi connectivity index (χ0n) is 6.89. The minimum absolute atomic E-state index is 0. The van der Waals surface area contributed by atoms with Gasteiger partial charge in [0.1, 0.15) is 0 Å². The summed E-state index contributed by atoms with van der Waals surface area (Å²) in [6, 6.07) is 0. The number of hydrogen-bond donors (Lipinski definition) is 1. The largest absolute Gasteiger partial charge is 2.00 e. The van der Waals surface area contributed by atoms with Crippen LogP contribution in [0.15, 0.2) is 0 Å². The van der Waals surface area contributed by atoms with E-state index >= 15 is 0 Å². The zero-order valence-corrected chi connectivity index (χ0v) is 8.80. The van der Waals surface area contributed by atoms with Crippen LogP contribution in [-0.4, -0.2) is 48.7 Å². The summed E-state index contributed by atoms with van der Waals surface area (Å²) in [5.41, 5.74) is 0. The van der Waals surface area contributed by atoms with E-state index in [0.29, 0.717) is 11.0 Å². The molecule has 46 valence electrons. The van der Waals surface area contributed by atoms with Gasteiger partial charge in [0.2, 0.25) is 4.38 Å². The molecular weight excluding hydrogens is 168 g/mol. The van der Waals surface area contributed by atoms with Crippen LogP contribution in [0.4, 0.5) is 0 Å². The van der Waals surface area contributed by atoms with Crippen LogP contribution >= 0.6 is 24.8 Å². The summed E-state index contributed by atoms with van der Waals surface area (Å²) in [7, 11) is 0. The Bertz CT molecular complexity index is 74.3. The Kier molecular flexibility index (Phi) is 13.0. The molecule has 4 heteroatoms. The fourth-order valence-electron chi connectivity index (χ4n) is 0.189. The number of ether oxygens (including phenoxy) is 1. The number of thiol groups is 1. The third kappa shape index (κ3) is 10.5. The average Bonchev–Trinajstić information content (AvgIpc) is 1.61. The van der Waals surface area contributed by atoms with Gasteiger partial charge in [0.05, 0.1) is 6.61 Å². The Hall–Kier alpha value is 1.50. The van der Waals surface area contributed by atoms with Crippen LogP contribution in [0.1, 0.15) is 16.2 Å². The molecule has 0 aromatic carbocycles. The van der Waals surface area contributed by atoms with Gasteiger partial charge in [-0.05, 0) is 18.6 Å². The van der Waals surface area contributed by atoms with Gasteiger partial charge in [-0.2, -0.15) is 0 Å². The van der Waals surface area contributed by atoms with Gasteiger partial charge in [0, 0.05) is 0 Å². The minimum Gasteiger partial charge on any atom is -1.00 e. The van der Waals surface area contributed by atoms with Crippen LogP contribution in [-0.2, 0) is 4.74 Å². The van der Waals surface area contributed by atoms with Crippen molar-refractivity contribution in [1.29, 1.82) is 0 Å². The third-order valence-corrected chi connectivity index (χ3v) is 0.677. The molecule has 0 radical (unpaired) electrons. The zero-order chi connectivity index (χ0) is 5.70. The van der Waals surface area contributed by atoms with E-state index in [-0.39, 0.29) is 40.6 Å². The fraction of sp³-hybridized carbons (Fsp3) is 0.750. The van der Waals surface area contributed by atoms with E-state index in [2.05, 4.69) is 24.8 Å². The van der Waals surface area contributed by atoms with Crippen molar-refractivity contribution < 1.29 is 7.59 Å². The normalized spacial score (nSPS) is 7.25. The second-order valence-electron chi connectivity index (χ2n) is 1.11. The first-order valence-electron chi connectivity index (χ1n) is 2.13. The minimum atomic E-state index is 0. The summed E-state index contributed by atoms with van der Waals surface area (Å²) < 4.78 is 5.12. The molecule has 0 saturated heterocycles. The van der Waals surface area contributed by atoms with Gasteiger partial charge >= 0.3 is 37.7 Å². The van der Waals surface area contributed by atoms with E-state index < -0.39 is 0 Å². The molecule has 0 atom stereocenters. The number of thiocarbonyl (C=S) groups is 1. The Balaban J connectivity index is -0.0000000600. The van der Waals surface area contributed by atoms with Crippen molar-refractivity contribution in [2.24, 2.45) is 0 Å². The van der Waals surface area contributed by atoms with Crippen LogP contribution in [0.25, 0.3) is 0 Å². The Labute approximate surface area is 93.5 Å². The van der Waals surface area contributed by atoms with Crippen LogP contribution < -0.4 is 0 Å². The van der Waals surface area contributed by atoms with Gasteiger partial charge in [-0.1, -0.05) is 19.6 Å². The monoisotopic (exact) mass is 178 g/mol. The summed E-state index contributed by atoms with van der Waals surface area (Å²) in [4.78, 5) is 0. The van der Waals surface area contributed by atoms with Gasteiger partial charge in [-0.3, -0.25) is 0 Å². The van der Waals surface area contributed by atoms with Crippen molar-refractivity contribution >= 4 is 67.0 Å². The first-order chi connectivity index (χ1) is 3.27. The maximum atomic E-state index is 4.79. The maximum absolute atomic E-state index is 4.79. The molecule has 0 fully saturated rings. The molecule has 1 nitrogen and oxygen atoms in total. The van der Waals surface area contributed by atoms with E-state index in [4.69, 9.17) is 4.74 Å². The quantitative estimate of drug-likeness (QED) is 0.389. The molecule has 0 N–H and O–H groups in total. The summed E-state index contributed by atoms with van der Waals surface area (Å²) in [6.45, 7) is 2.70. The standard InChI is InChI=1S/C4H8OS2.Ca.2H/c1-2-3-5-4(6)7;;;/h2-3H2,1H3,(H,6,7);;;/q;+2;2*-1. The van der Waals surface area contributed by atoms with E-state index in [9.17, 15) is 0 Å². The van der Waals surface area contributed by atoms with Gasteiger partial charge in [0.15, 0.2) is 0 Å². The van der Waals surface area contributed by atoms with Crippen molar-refractivity contribution in [3.05, 3.63) is 0 Å². The Morgan fingerprint density at radius 1 is 1.88 bits per heavy atom.